The predicted molar refractivity (Wildman–Crippen MR) is 109 cm³/mol. The minimum absolute atomic E-state index is 0.108. The standard InChI is InChI=1S/C23H26O4/c1-15(2)10-13-19-20(26-4)14-18(21(22(19)24)23(25)27-5)12-11-17-9-7-6-8-16(17)3/h6-12,14,24H,13H2,1-5H3. The van der Waals surface area contributed by atoms with Crippen molar-refractivity contribution < 1.29 is 19.4 Å². The van der Waals surface area contributed by atoms with Gasteiger partial charge in [-0.15, -0.1) is 0 Å². The molecule has 4 heteroatoms. The number of hydrogen-bond acceptors (Lipinski definition) is 4. The zero-order valence-electron chi connectivity index (χ0n) is 16.5. The highest BCUT2D eigenvalue weighted by Gasteiger charge is 2.22. The van der Waals surface area contributed by atoms with Gasteiger partial charge in [0.05, 0.1) is 14.2 Å². The number of phenols is 1. The fourth-order valence-corrected chi connectivity index (χ4v) is 2.79. The van der Waals surface area contributed by atoms with Crippen LogP contribution in [0.25, 0.3) is 12.2 Å². The SMILES string of the molecule is COC(=O)c1c(C=Cc2ccccc2C)cc(OC)c(CC=C(C)C)c1O. The summed E-state index contributed by atoms with van der Waals surface area (Å²) >= 11 is 0. The van der Waals surface area contributed by atoms with E-state index in [1.807, 2.05) is 57.2 Å². The van der Waals surface area contributed by atoms with Crippen LogP contribution >= 0.6 is 0 Å². The van der Waals surface area contributed by atoms with Crippen molar-refractivity contribution in [3.05, 3.63) is 69.8 Å². The van der Waals surface area contributed by atoms with Gasteiger partial charge < -0.3 is 14.6 Å². The molecule has 0 unspecified atom stereocenters. The fraction of sp³-hybridized carbons (Fsp3) is 0.261. The number of aryl methyl sites for hydroxylation is 1. The van der Waals surface area contributed by atoms with Crippen LogP contribution in [0.1, 0.15) is 46.5 Å². The molecule has 4 nitrogen and oxygen atoms in total. The molecule has 2 aromatic carbocycles. The molecule has 27 heavy (non-hydrogen) atoms. The molecule has 0 aromatic heterocycles. The first kappa shape index (κ1) is 20.3. The van der Waals surface area contributed by atoms with Crippen molar-refractivity contribution >= 4 is 18.1 Å². The van der Waals surface area contributed by atoms with Crippen LogP contribution in [0.5, 0.6) is 11.5 Å². The highest BCUT2D eigenvalue weighted by Crippen LogP contribution is 2.36. The minimum atomic E-state index is -0.585. The van der Waals surface area contributed by atoms with Crippen molar-refractivity contribution in [3.8, 4) is 11.5 Å². The fourth-order valence-electron chi connectivity index (χ4n) is 2.79. The highest BCUT2D eigenvalue weighted by atomic mass is 16.5. The van der Waals surface area contributed by atoms with Gasteiger partial charge in [-0.1, -0.05) is 48.1 Å². The average Bonchev–Trinajstić information content (AvgIpc) is 2.65. The van der Waals surface area contributed by atoms with Crippen molar-refractivity contribution in [2.45, 2.75) is 27.2 Å². The molecule has 0 saturated carbocycles. The Morgan fingerprint density at radius 1 is 1.11 bits per heavy atom. The Kier molecular flexibility index (Phi) is 6.83. The molecule has 2 aromatic rings. The van der Waals surface area contributed by atoms with Gasteiger partial charge in [0.1, 0.15) is 17.1 Å². The van der Waals surface area contributed by atoms with E-state index in [4.69, 9.17) is 9.47 Å². The summed E-state index contributed by atoms with van der Waals surface area (Å²) in [6.07, 6.45) is 6.14. The second-order valence-corrected chi connectivity index (χ2v) is 6.54. The Balaban J connectivity index is 2.62. The van der Waals surface area contributed by atoms with E-state index in [-0.39, 0.29) is 11.3 Å². The minimum Gasteiger partial charge on any atom is -0.507 e. The number of carbonyl (C=O) groups excluding carboxylic acids is 1. The van der Waals surface area contributed by atoms with Crippen molar-refractivity contribution in [1.29, 1.82) is 0 Å². The number of hydrogen-bond donors (Lipinski definition) is 1. The number of ether oxygens (including phenoxy) is 2. The van der Waals surface area contributed by atoms with Crippen LogP contribution in [-0.2, 0) is 11.2 Å². The number of benzene rings is 2. The molecule has 0 aliphatic rings. The number of phenolic OH excluding ortho intramolecular Hbond substituents is 1. The van der Waals surface area contributed by atoms with E-state index in [0.29, 0.717) is 23.3 Å². The first-order valence-electron chi connectivity index (χ1n) is 8.77. The largest absolute Gasteiger partial charge is 0.507 e. The van der Waals surface area contributed by atoms with Crippen LogP contribution in [-0.4, -0.2) is 25.3 Å². The van der Waals surface area contributed by atoms with Crippen LogP contribution < -0.4 is 4.74 Å². The third kappa shape index (κ3) is 4.79. The molecule has 0 fully saturated rings. The molecule has 0 spiro atoms. The Morgan fingerprint density at radius 2 is 1.78 bits per heavy atom. The lowest BCUT2D eigenvalue weighted by Crippen LogP contribution is -2.07. The Labute approximate surface area is 160 Å². The van der Waals surface area contributed by atoms with Crippen LogP contribution in [0.4, 0.5) is 0 Å². The predicted octanol–water partition coefficient (Wildman–Crippen LogP) is 5.17. The van der Waals surface area contributed by atoms with E-state index in [9.17, 15) is 9.90 Å². The summed E-state index contributed by atoms with van der Waals surface area (Å²) in [6.45, 7) is 5.97. The monoisotopic (exact) mass is 366 g/mol. The molecular formula is C23H26O4. The average molecular weight is 366 g/mol. The van der Waals surface area contributed by atoms with E-state index in [1.54, 1.807) is 19.3 Å². The molecule has 142 valence electrons. The van der Waals surface area contributed by atoms with Crippen LogP contribution in [0.3, 0.4) is 0 Å². The topological polar surface area (TPSA) is 55.8 Å². The molecule has 0 saturated heterocycles. The molecule has 0 bridgehead atoms. The second-order valence-electron chi connectivity index (χ2n) is 6.54. The number of aromatic hydroxyl groups is 1. The summed E-state index contributed by atoms with van der Waals surface area (Å²) < 4.78 is 10.4. The maximum absolute atomic E-state index is 12.4. The molecule has 0 heterocycles. The van der Waals surface area contributed by atoms with Crippen LogP contribution in [0.2, 0.25) is 0 Å². The van der Waals surface area contributed by atoms with Gasteiger partial charge in [0.15, 0.2) is 0 Å². The van der Waals surface area contributed by atoms with E-state index in [0.717, 1.165) is 16.7 Å². The molecule has 2 rings (SSSR count). The summed E-state index contributed by atoms with van der Waals surface area (Å²) in [6, 6.07) is 9.69. The van der Waals surface area contributed by atoms with Crippen molar-refractivity contribution in [2.75, 3.05) is 14.2 Å². The van der Waals surface area contributed by atoms with E-state index < -0.39 is 5.97 Å². The Morgan fingerprint density at radius 3 is 2.37 bits per heavy atom. The first-order chi connectivity index (χ1) is 12.9. The van der Waals surface area contributed by atoms with Gasteiger partial charge in [-0.2, -0.15) is 0 Å². The molecule has 0 atom stereocenters. The normalized spacial score (nSPS) is 10.7. The molecule has 0 aliphatic carbocycles. The molecule has 0 radical (unpaired) electrons. The maximum Gasteiger partial charge on any atom is 0.342 e. The third-order valence-electron chi connectivity index (χ3n) is 4.35. The first-order valence-corrected chi connectivity index (χ1v) is 8.77. The molecule has 0 amide bonds. The molecule has 0 aliphatic heterocycles. The van der Waals surface area contributed by atoms with Gasteiger partial charge in [0.25, 0.3) is 0 Å². The van der Waals surface area contributed by atoms with Gasteiger partial charge in [-0.3, -0.25) is 0 Å². The highest BCUT2D eigenvalue weighted by molar-refractivity contribution is 5.98. The zero-order chi connectivity index (χ0) is 20.0. The van der Waals surface area contributed by atoms with Crippen LogP contribution in [0.15, 0.2) is 42.0 Å². The number of rotatable bonds is 6. The lowest BCUT2D eigenvalue weighted by Gasteiger charge is -2.15. The zero-order valence-corrected chi connectivity index (χ0v) is 16.5. The summed E-state index contributed by atoms with van der Waals surface area (Å²) in [7, 11) is 2.85. The number of carbonyl (C=O) groups is 1. The summed E-state index contributed by atoms with van der Waals surface area (Å²) in [5.74, 6) is -0.164. The van der Waals surface area contributed by atoms with E-state index in [2.05, 4.69) is 0 Å². The smallest absolute Gasteiger partial charge is 0.342 e. The lowest BCUT2D eigenvalue weighted by molar-refractivity contribution is 0.0597. The maximum atomic E-state index is 12.4. The summed E-state index contributed by atoms with van der Waals surface area (Å²) in [4.78, 5) is 12.4. The van der Waals surface area contributed by atoms with Gasteiger partial charge in [0.2, 0.25) is 0 Å². The van der Waals surface area contributed by atoms with Crippen molar-refractivity contribution in [2.24, 2.45) is 0 Å². The third-order valence-corrected chi connectivity index (χ3v) is 4.35. The van der Waals surface area contributed by atoms with Gasteiger partial charge in [-0.25, -0.2) is 4.79 Å². The number of allylic oxidation sites excluding steroid dienone is 2. The summed E-state index contributed by atoms with van der Waals surface area (Å²) in [5, 5.41) is 10.8. The lowest BCUT2D eigenvalue weighted by atomic mass is 9.97. The Bertz CT molecular complexity index is 887. The van der Waals surface area contributed by atoms with Crippen molar-refractivity contribution in [3.63, 3.8) is 0 Å². The Hall–Kier alpha value is -3.01. The quantitative estimate of drug-likeness (QED) is 0.435. The summed E-state index contributed by atoms with van der Waals surface area (Å²) in [5.41, 5.74) is 4.50. The van der Waals surface area contributed by atoms with Gasteiger partial charge in [0, 0.05) is 5.56 Å². The van der Waals surface area contributed by atoms with Gasteiger partial charge in [-0.05, 0) is 49.9 Å². The molecule has 1 N–H and O–H groups in total. The van der Waals surface area contributed by atoms with Crippen molar-refractivity contribution in [1.82, 2.24) is 0 Å². The molecular weight excluding hydrogens is 340 g/mol. The van der Waals surface area contributed by atoms with Gasteiger partial charge >= 0.3 is 5.97 Å². The van der Waals surface area contributed by atoms with E-state index >= 15 is 0 Å². The second kappa shape index (κ2) is 9.08. The van der Waals surface area contributed by atoms with Crippen LogP contribution in [0, 0.1) is 6.92 Å². The number of methoxy groups -OCH3 is 2. The van der Waals surface area contributed by atoms with E-state index in [1.165, 1.54) is 7.11 Å². The number of esters is 1.